The van der Waals surface area contributed by atoms with E-state index in [4.69, 9.17) is 10.00 Å². The minimum Gasteiger partial charge on any atom is -0.480 e. The maximum atomic E-state index is 12.3. The van der Waals surface area contributed by atoms with E-state index in [1.165, 1.54) is 4.90 Å². The van der Waals surface area contributed by atoms with Crippen LogP contribution in [0.5, 0.6) is 0 Å². The number of carbonyl (C=O) groups excluding carboxylic acids is 2. The lowest BCUT2D eigenvalue weighted by molar-refractivity contribution is -0.144. The normalized spacial score (nSPS) is 19.3. The van der Waals surface area contributed by atoms with Gasteiger partial charge in [-0.2, -0.15) is 5.26 Å². The van der Waals surface area contributed by atoms with Gasteiger partial charge in [-0.05, 0) is 57.9 Å². The van der Waals surface area contributed by atoms with Crippen molar-refractivity contribution < 1.29 is 24.2 Å². The van der Waals surface area contributed by atoms with Crippen molar-refractivity contribution in [2.75, 3.05) is 11.9 Å². The number of hydrogen-bond acceptors (Lipinski definition) is 5. The standard InChI is InChI=1S/C19H24N4O5/c1-19(2,3)28-18(27)23-9-8-14(10-15(23)16(24)25)22-17(26)21-13-6-4-12(11-20)5-7-13/h4-7,14-15H,8-10H2,1-3H3,(H,24,25)(H2,21,22,26). The average molecular weight is 388 g/mol. The number of carboxylic acid groups (broad SMARTS) is 1. The molecule has 0 spiro atoms. The number of likely N-dealkylation sites (tertiary alicyclic amines) is 1. The molecule has 1 saturated heterocycles. The van der Waals surface area contributed by atoms with E-state index in [0.29, 0.717) is 17.7 Å². The number of aliphatic carboxylic acids is 1. The molecule has 1 aromatic carbocycles. The number of nitrogens with zero attached hydrogens (tertiary/aromatic N) is 2. The smallest absolute Gasteiger partial charge is 0.411 e. The summed E-state index contributed by atoms with van der Waals surface area (Å²) < 4.78 is 5.27. The highest BCUT2D eigenvalue weighted by molar-refractivity contribution is 5.89. The molecule has 9 heteroatoms. The number of rotatable bonds is 3. The van der Waals surface area contributed by atoms with Crippen LogP contribution >= 0.6 is 0 Å². The predicted octanol–water partition coefficient (Wildman–Crippen LogP) is 2.53. The summed E-state index contributed by atoms with van der Waals surface area (Å²) in [7, 11) is 0. The van der Waals surface area contributed by atoms with Gasteiger partial charge in [0.25, 0.3) is 0 Å². The summed E-state index contributed by atoms with van der Waals surface area (Å²) in [4.78, 5) is 37.2. The second kappa shape index (κ2) is 8.61. The quantitative estimate of drug-likeness (QED) is 0.729. The molecule has 150 valence electrons. The predicted molar refractivity (Wildman–Crippen MR) is 101 cm³/mol. The molecule has 1 aliphatic rings. The Morgan fingerprint density at radius 1 is 1.25 bits per heavy atom. The van der Waals surface area contributed by atoms with Gasteiger partial charge in [-0.1, -0.05) is 0 Å². The minimum atomic E-state index is -1.15. The van der Waals surface area contributed by atoms with Crippen molar-refractivity contribution in [3.8, 4) is 6.07 Å². The molecule has 0 aliphatic carbocycles. The third-order valence-electron chi connectivity index (χ3n) is 4.12. The van der Waals surface area contributed by atoms with Crippen molar-refractivity contribution in [3.63, 3.8) is 0 Å². The van der Waals surface area contributed by atoms with Crippen molar-refractivity contribution in [1.29, 1.82) is 5.26 Å². The van der Waals surface area contributed by atoms with E-state index in [1.54, 1.807) is 45.0 Å². The SMILES string of the molecule is CC(C)(C)OC(=O)N1CCC(NC(=O)Nc2ccc(C#N)cc2)CC1C(=O)O. The summed E-state index contributed by atoms with van der Waals surface area (Å²) in [6.45, 7) is 5.29. The Hall–Kier alpha value is -3.28. The van der Waals surface area contributed by atoms with Crippen LogP contribution in [0.4, 0.5) is 15.3 Å². The number of anilines is 1. The van der Waals surface area contributed by atoms with E-state index in [0.717, 1.165) is 0 Å². The van der Waals surface area contributed by atoms with Crippen molar-refractivity contribution in [1.82, 2.24) is 10.2 Å². The van der Waals surface area contributed by atoms with Crippen molar-refractivity contribution in [2.24, 2.45) is 0 Å². The molecule has 0 bridgehead atoms. The fourth-order valence-corrected chi connectivity index (χ4v) is 2.85. The van der Waals surface area contributed by atoms with E-state index in [-0.39, 0.29) is 13.0 Å². The zero-order valence-electron chi connectivity index (χ0n) is 16.1. The fraction of sp³-hybridized carbons (Fsp3) is 0.474. The first kappa shape index (κ1) is 21.0. The van der Waals surface area contributed by atoms with E-state index >= 15 is 0 Å². The number of ether oxygens (including phenoxy) is 1. The minimum absolute atomic E-state index is 0.0787. The van der Waals surface area contributed by atoms with Gasteiger partial charge in [-0.15, -0.1) is 0 Å². The molecule has 1 aromatic rings. The van der Waals surface area contributed by atoms with E-state index in [2.05, 4.69) is 10.6 Å². The highest BCUT2D eigenvalue weighted by Crippen LogP contribution is 2.21. The summed E-state index contributed by atoms with van der Waals surface area (Å²) in [5, 5.41) is 23.6. The molecule has 1 aliphatic heterocycles. The molecule has 0 aromatic heterocycles. The molecule has 0 radical (unpaired) electrons. The van der Waals surface area contributed by atoms with Gasteiger partial charge in [0.2, 0.25) is 0 Å². The molecule has 0 saturated carbocycles. The van der Waals surface area contributed by atoms with Crippen molar-refractivity contribution >= 4 is 23.8 Å². The van der Waals surface area contributed by atoms with Crippen LogP contribution in [0.1, 0.15) is 39.2 Å². The molecule has 2 atom stereocenters. The zero-order valence-corrected chi connectivity index (χ0v) is 16.1. The number of hydrogen-bond donors (Lipinski definition) is 3. The fourth-order valence-electron chi connectivity index (χ4n) is 2.85. The van der Waals surface area contributed by atoms with Gasteiger partial charge in [0, 0.05) is 18.3 Å². The third-order valence-corrected chi connectivity index (χ3v) is 4.12. The van der Waals surface area contributed by atoms with Gasteiger partial charge in [-0.3, -0.25) is 4.90 Å². The molecule has 3 N–H and O–H groups in total. The van der Waals surface area contributed by atoms with Gasteiger partial charge < -0.3 is 20.5 Å². The first-order valence-electron chi connectivity index (χ1n) is 8.89. The number of amides is 3. The molecular weight excluding hydrogens is 364 g/mol. The Kier molecular flexibility index (Phi) is 6.46. The molecule has 2 unspecified atom stereocenters. The lowest BCUT2D eigenvalue weighted by atomic mass is 9.97. The Bertz CT molecular complexity index is 779. The average Bonchev–Trinajstić information content (AvgIpc) is 2.60. The van der Waals surface area contributed by atoms with Gasteiger partial charge in [-0.25, -0.2) is 14.4 Å². The van der Waals surface area contributed by atoms with Gasteiger partial charge in [0.1, 0.15) is 11.6 Å². The Labute approximate surface area is 163 Å². The Balaban J connectivity index is 1.95. The number of nitrogens with one attached hydrogen (secondary N) is 2. The molecule has 3 amide bonds. The lowest BCUT2D eigenvalue weighted by Gasteiger charge is -2.38. The second-order valence-corrected chi connectivity index (χ2v) is 7.54. The van der Waals surface area contributed by atoms with Crippen LogP contribution in [0.2, 0.25) is 0 Å². The summed E-state index contributed by atoms with van der Waals surface area (Å²) >= 11 is 0. The van der Waals surface area contributed by atoms with Crippen LogP contribution in [-0.4, -0.2) is 52.3 Å². The van der Waals surface area contributed by atoms with Crippen LogP contribution in [0.25, 0.3) is 0 Å². The van der Waals surface area contributed by atoms with Crippen LogP contribution in [0.3, 0.4) is 0 Å². The highest BCUT2D eigenvalue weighted by atomic mass is 16.6. The molecule has 1 fully saturated rings. The topological polar surface area (TPSA) is 132 Å². The third kappa shape index (κ3) is 5.87. The monoisotopic (exact) mass is 388 g/mol. The maximum Gasteiger partial charge on any atom is 0.411 e. The van der Waals surface area contributed by atoms with Gasteiger partial charge in [0.05, 0.1) is 11.6 Å². The number of carbonyl (C=O) groups is 3. The second-order valence-electron chi connectivity index (χ2n) is 7.54. The summed E-state index contributed by atoms with van der Waals surface area (Å²) in [5.74, 6) is -1.15. The largest absolute Gasteiger partial charge is 0.480 e. The van der Waals surface area contributed by atoms with Gasteiger partial charge in [0.15, 0.2) is 0 Å². The Morgan fingerprint density at radius 3 is 2.43 bits per heavy atom. The van der Waals surface area contributed by atoms with E-state index in [9.17, 15) is 19.5 Å². The number of urea groups is 1. The van der Waals surface area contributed by atoms with Crippen LogP contribution in [0, 0.1) is 11.3 Å². The number of piperidine rings is 1. The van der Waals surface area contributed by atoms with Crippen LogP contribution in [-0.2, 0) is 9.53 Å². The molecule has 28 heavy (non-hydrogen) atoms. The summed E-state index contributed by atoms with van der Waals surface area (Å²) in [6, 6.07) is 6.38. The van der Waals surface area contributed by atoms with Gasteiger partial charge >= 0.3 is 18.1 Å². The first-order chi connectivity index (χ1) is 13.1. The summed E-state index contributed by atoms with van der Waals surface area (Å²) in [5.41, 5.74) is 0.262. The zero-order chi connectivity index (χ0) is 20.9. The maximum absolute atomic E-state index is 12.3. The molecular formula is C19H24N4O5. The number of nitriles is 1. The number of benzene rings is 1. The molecule has 9 nitrogen and oxygen atoms in total. The Morgan fingerprint density at radius 2 is 1.89 bits per heavy atom. The molecule has 1 heterocycles. The van der Waals surface area contributed by atoms with Crippen LogP contribution in [0.15, 0.2) is 24.3 Å². The van der Waals surface area contributed by atoms with Crippen molar-refractivity contribution in [2.45, 2.75) is 51.3 Å². The number of carboxylic acids is 1. The van der Waals surface area contributed by atoms with E-state index < -0.39 is 35.8 Å². The first-order valence-corrected chi connectivity index (χ1v) is 8.89. The van der Waals surface area contributed by atoms with E-state index in [1.807, 2.05) is 6.07 Å². The lowest BCUT2D eigenvalue weighted by Crippen LogP contribution is -2.56. The van der Waals surface area contributed by atoms with Crippen molar-refractivity contribution in [3.05, 3.63) is 29.8 Å². The van der Waals surface area contributed by atoms with Crippen LogP contribution < -0.4 is 10.6 Å². The highest BCUT2D eigenvalue weighted by Gasteiger charge is 2.38. The summed E-state index contributed by atoms with van der Waals surface area (Å²) in [6.07, 6.45) is -0.195. The molecule has 2 rings (SSSR count).